The largest absolute Gasteiger partial charge is 0.450 e. The lowest BCUT2D eigenvalue weighted by molar-refractivity contribution is -0.0242. The normalized spacial score (nSPS) is 18.7. The molecule has 23 heavy (non-hydrogen) atoms. The third-order valence-electron chi connectivity index (χ3n) is 4.82. The van der Waals surface area contributed by atoms with Crippen molar-refractivity contribution >= 4 is 5.97 Å². The van der Waals surface area contributed by atoms with E-state index in [1.165, 1.54) is 12.1 Å². The molecule has 1 fully saturated rings. The fraction of sp³-hybridized carbons (Fsp3) is 0.316. The van der Waals surface area contributed by atoms with Crippen LogP contribution in [0.2, 0.25) is 0 Å². The van der Waals surface area contributed by atoms with Crippen molar-refractivity contribution in [3.8, 4) is 0 Å². The summed E-state index contributed by atoms with van der Waals surface area (Å²) in [6.07, 6.45) is 1.92. The molecule has 2 aliphatic heterocycles. The number of carbonyl (C=O) groups excluding carboxylic acids is 1. The van der Waals surface area contributed by atoms with Crippen LogP contribution in [0.4, 0.5) is 4.39 Å². The molecule has 3 nitrogen and oxygen atoms in total. The lowest BCUT2D eigenvalue weighted by Gasteiger charge is -2.33. The van der Waals surface area contributed by atoms with Gasteiger partial charge in [0.05, 0.1) is 5.56 Å². The van der Waals surface area contributed by atoms with E-state index >= 15 is 0 Å². The zero-order valence-electron chi connectivity index (χ0n) is 12.8. The highest BCUT2D eigenvalue weighted by atomic mass is 19.1. The zero-order chi connectivity index (χ0) is 15.9. The minimum absolute atomic E-state index is 0.300. The molecule has 4 rings (SSSR count). The molecule has 2 aliphatic rings. The summed E-state index contributed by atoms with van der Waals surface area (Å²) in [6, 6.07) is 12.8. The van der Waals surface area contributed by atoms with Gasteiger partial charge in [0, 0.05) is 18.4 Å². The Balaban J connectivity index is 1.81. The van der Waals surface area contributed by atoms with E-state index in [1.54, 1.807) is 0 Å². The first kappa shape index (κ1) is 14.4. The Morgan fingerprint density at radius 3 is 2.61 bits per heavy atom. The summed E-state index contributed by atoms with van der Waals surface area (Å²) < 4.78 is 20.0. The van der Waals surface area contributed by atoms with E-state index in [9.17, 15) is 9.18 Å². The van der Waals surface area contributed by atoms with Crippen LogP contribution in [0.25, 0.3) is 0 Å². The average Bonchev–Trinajstić information content (AvgIpc) is 2.81. The van der Waals surface area contributed by atoms with Crippen molar-refractivity contribution < 1.29 is 13.9 Å². The van der Waals surface area contributed by atoms with Crippen molar-refractivity contribution in [1.82, 2.24) is 5.32 Å². The maximum Gasteiger partial charge on any atom is 0.339 e. The van der Waals surface area contributed by atoms with Gasteiger partial charge in [-0.1, -0.05) is 30.3 Å². The number of esters is 1. The molecule has 2 aromatic carbocycles. The van der Waals surface area contributed by atoms with Gasteiger partial charge in [-0.25, -0.2) is 9.18 Å². The highest BCUT2D eigenvalue weighted by molar-refractivity contribution is 5.96. The number of hydrogen-bond donors (Lipinski definition) is 1. The van der Waals surface area contributed by atoms with Crippen LogP contribution in [-0.4, -0.2) is 19.1 Å². The predicted molar refractivity (Wildman–Crippen MR) is 84.8 cm³/mol. The van der Waals surface area contributed by atoms with E-state index in [4.69, 9.17) is 4.74 Å². The van der Waals surface area contributed by atoms with Gasteiger partial charge in [-0.3, -0.25) is 0 Å². The molecule has 0 amide bonds. The van der Waals surface area contributed by atoms with Gasteiger partial charge in [0.25, 0.3) is 0 Å². The molecule has 0 aliphatic carbocycles. The van der Waals surface area contributed by atoms with Crippen LogP contribution in [0.3, 0.4) is 0 Å². The van der Waals surface area contributed by atoms with Crippen LogP contribution in [-0.2, 0) is 16.8 Å². The van der Waals surface area contributed by atoms with Crippen molar-refractivity contribution in [2.75, 3.05) is 13.1 Å². The van der Waals surface area contributed by atoms with Crippen LogP contribution in [0, 0.1) is 5.82 Å². The lowest BCUT2D eigenvalue weighted by atomic mass is 9.82. The fourth-order valence-electron chi connectivity index (χ4n) is 3.70. The number of benzene rings is 2. The number of fused-ring (bicyclic) bond motifs is 2. The smallest absolute Gasteiger partial charge is 0.339 e. The highest BCUT2D eigenvalue weighted by Crippen LogP contribution is 2.44. The molecule has 0 saturated carbocycles. The summed E-state index contributed by atoms with van der Waals surface area (Å²) in [5, 5.41) is 3.27. The maximum absolute atomic E-state index is 14.2. The number of halogens is 1. The standard InChI is InChI=1S/C19H18FNO2/c20-15-11-14(10-13-4-2-1-3-5-13)17-16(12-15)19(23-18(17)22)6-8-21-9-7-19/h1-5,11-12,21H,6-10H2. The third-order valence-corrected chi connectivity index (χ3v) is 4.82. The number of piperidine rings is 1. The van der Waals surface area contributed by atoms with Gasteiger partial charge in [0.1, 0.15) is 11.4 Å². The first-order valence-electron chi connectivity index (χ1n) is 7.99. The van der Waals surface area contributed by atoms with Gasteiger partial charge in [-0.15, -0.1) is 0 Å². The number of ether oxygens (including phenoxy) is 1. The van der Waals surface area contributed by atoms with Gasteiger partial charge in [0.2, 0.25) is 0 Å². The van der Waals surface area contributed by atoms with Crippen LogP contribution in [0.1, 0.15) is 39.9 Å². The summed E-state index contributed by atoms with van der Waals surface area (Å²) >= 11 is 0. The number of carbonyl (C=O) groups is 1. The van der Waals surface area contributed by atoms with E-state index in [2.05, 4.69) is 5.32 Å². The van der Waals surface area contributed by atoms with Crippen LogP contribution in [0.15, 0.2) is 42.5 Å². The van der Waals surface area contributed by atoms with Crippen molar-refractivity contribution in [3.63, 3.8) is 0 Å². The van der Waals surface area contributed by atoms with Crippen LogP contribution >= 0.6 is 0 Å². The van der Waals surface area contributed by atoms with Gasteiger partial charge in [0.15, 0.2) is 0 Å². The monoisotopic (exact) mass is 311 g/mol. The molecule has 118 valence electrons. The van der Waals surface area contributed by atoms with Crippen LogP contribution < -0.4 is 5.32 Å². The number of hydrogen-bond acceptors (Lipinski definition) is 3. The first-order chi connectivity index (χ1) is 11.2. The Labute approximate surface area is 134 Å². The van der Waals surface area contributed by atoms with Crippen molar-refractivity contribution in [2.45, 2.75) is 24.9 Å². The van der Waals surface area contributed by atoms with E-state index in [1.807, 2.05) is 30.3 Å². The highest BCUT2D eigenvalue weighted by Gasteiger charge is 2.47. The SMILES string of the molecule is O=C1OC2(CCNCC2)c2cc(F)cc(Cc3ccccc3)c21. The quantitative estimate of drug-likeness (QED) is 0.866. The molecule has 0 unspecified atom stereocenters. The first-order valence-corrected chi connectivity index (χ1v) is 7.99. The Morgan fingerprint density at radius 2 is 1.87 bits per heavy atom. The van der Waals surface area contributed by atoms with Gasteiger partial charge >= 0.3 is 5.97 Å². The molecule has 1 saturated heterocycles. The molecular weight excluding hydrogens is 293 g/mol. The van der Waals surface area contributed by atoms with Gasteiger partial charge in [-0.2, -0.15) is 0 Å². The Bertz CT molecular complexity index is 751. The molecule has 0 aromatic heterocycles. The predicted octanol–water partition coefficient (Wildman–Crippen LogP) is 3.17. The lowest BCUT2D eigenvalue weighted by Crippen LogP contribution is -2.40. The molecule has 4 heteroatoms. The molecule has 0 bridgehead atoms. The summed E-state index contributed by atoms with van der Waals surface area (Å²) in [5.41, 5.74) is 2.42. The summed E-state index contributed by atoms with van der Waals surface area (Å²) in [5.74, 6) is -0.612. The van der Waals surface area contributed by atoms with E-state index in [0.29, 0.717) is 30.4 Å². The molecule has 1 spiro atoms. The minimum atomic E-state index is -0.648. The Hall–Kier alpha value is -2.20. The Kier molecular flexibility index (Phi) is 3.42. The Morgan fingerprint density at radius 1 is 1.13 bits per heavy atom. The average molecular weight is 311 g/mol. The summed E-state index contributed by atoms with van der Waals surface area (Å²) in [6.45, 7) is 1.55. The molecule has 2 aromatic rings. The maximum atomic E-state index is 14.2. The topological polar surface area (TPSA) is 38.3 Å². The second kappa shape index (κ2) is 5.46. The minimum Gasteiger partial charge on any atom is -0.450 e. The molecule has 1 N–H and O–H groups in total. The fourth-order valence-corrected chi connectivity index (χ4v) is 3.70. The zero-order valence-corrected chi connectivity index (χ0v) is 12.8. The van der Waals surface area contributed by atoms with E-state index in [-0.39, 0.29) is 11.8 Å². The molecule has 0 atom stereocenters. The van der Waals surface area contributed by atoms with E-state index < -0.39 is 5.60 Å². The number of rotatable bonds is 2. The summed E-state index contributed by atoms with van der Waals surface area (Å²) in [4.78, 5) is 12.5. The van der Waals surface area contributed by atoms with E-state index in [0.717, 1.165) is 24.2 Å². The second-order valence-corrected chi connectivity index (χ2v) is 6.28. The van der Waals surface area contributed by atoms with Crippen LogP contribution in [0.5, 0.6) is 0 Å². The third kappa shape index (κ3) is 2.43. The number of nitrogens with one attached hydrogen (secondary N) is 1. The van der Waals surface area contributed by atoms with Crippen molar-refractivity contribution in [2.24, 2.45) is 0 Å². The van der Waals surface area contributed by atoms with Gasteiger partial charge in [-0.05, 0) is 42.8 Å². The molecule has 0 radical (unpaired) electrons. The van der Waals surface area contributed by atoms with Gasteiger partial charge < -0.3 is 10.1 Å². The molecule has 2 heterocycles. The summed E-state index contributed by atoms with van der Waals surface area (Å²) in [7, 11) is 0. The second-order valence-electron chi connectivity index (χ2n) is 6.28. The van der Waals surface area contributed by atoms with Crippen molar-refractivity contribution in [1.29, 1.82) is 0 Å². The van der Waals surface area contributed by atoms with Crippen molar-refractivity contribution in [3.05, 3.63) is 70.5 Å². The molecular formula is C19H18FNO2.